The number of halogens is 1. The van der Waals surface area contributed by atoms with Crippen LogP contribution in [0, 0.1) is 11.3 Å². The molecule has 1 saturated carbocycles. The van der Waals surface area contributed by atoms with Crippen LogP contribution in [-0.4, -0.2) is 29.4 Å². The zero-order chi connectivity index (χ0) is 16.2. The molecule has 1 unspecified atom stereocenters. The Labute approximate surface area is 141 Å². The maximum Gasteiger partial charge on any atom is 0.238 e. The fourth-order valence-electron chi connectivity index (χ4n) is 2.78. The summed E-state index contributed by atoms with van der Waals surface area (Å²) < 4.78 is 0.756. The van der Waals surface area contributed by atoms with E-state index in [0.717, 1.165) is 41.3 Å². The van der Waals surface area contributed by atoms with Crippen molar-refractivity contribution in [3.05, 3.63) is 21.3 Å². The molecule has 0 saturated heterocycles. The van der Waals surface area contributed by atoms with Crippen LogP contribution in [0.3, 0.4) is 0 Å². The minimum absolute atomic E-state index is 0.0754. The standard InChI is InChI=1S/C16H22ClN3OS/c1-12(20(2)10-13-6-7-14(17)22-13)15(21)19-16(11-18)8-4-3-5-9-16/h6-7,12H,3-5,8-10H2,1-2H3,(H,19,21). The first-order chi connectivity index (χ1) is 10.5. The fourth-order valence-corrected chi connectivity index (χ4v) is 3.93. The van der Waals surface area contributed by atoms with Gasteiger partial charge in [-0.15, -0.1) is 11.3 Å². The smallest absolute Gasteiger partial charge is 0.238 e. The van der Waals surface area contributed by atoms with Gasteiger partial charge in [0.05, 0.1) is 16.4 Å². The van der Waals surface area contributed by atoms with Crippen LogP contribution in [0.2, 0.25) is 4.34 Å². The second-order valence-corrected chi connectivity index (χ2v) is 7.84. The number of nitrogens with one attached hydrogen (secondary N) is 1. The molecule has 0 aromatic carbocycles. The first kappa shape index (κ1) is 17.3. The van der Waals surface area contributed by atoms with Crippen molar-refractivity contribution in [2.45, 2.75) is 57.2 Å². The van der Waals surface area contributed by atoms with E-state index < -0.39 is 5.54 Å². The SMILES string of the molecule is CC(C(=O)NC1(C#N)CCCCC1)N(C)Cc1ccc(Cl)s1. The van der Waals surface area contributed by atoms with Gasteiger partial charge in [-0.2, -0.15) is 5.26 Å². The minimum atomic E-state index is -0.670. The van der Waals surface area contributed by atoms with Crippen LogP contribution >= 0.6 is 22.9 Å². The lowest BCUT2D eigenvalue weighted by Crippen LogP contribution is -2.54. The Morgan fingerprint density at radius 2 is 2.18 bits per heavy atom. The quantitative estimate of drug-likeness (QED) is 0.892. The molecular formula is C16H22ClN3OS. The topological polar surface area (TPSA) is 56.1 Å². The van der Waals surface area contributed by atoms with E-state index in [1.54, 1.807) is 0 Å². The van der Waals surface area contributed by atoms with Crippen LogP contribution < -0.4 is 5.32 Å². The van der Waals surface area contributed by atoms with E-state index in [0.29, 0.717) is 6.54 Å². The number of thiophene rings is 1. The summed E-state index contributed by atoms with van der Waals surface area (Å²) in [7, 11) is 1.91. The van der Waals surface area contributed by atoms with E-state index in [4.69, 9.17) is 11.6 Å². The molecule has 1 atom stereocenters. The van der Waals surface area contributed by atoms with Crippen LogP contribution in [0.25, 0.3) is 0 Å². The van der Waals surface area contributed by atoms with E-state index in [1.807, 2.05) is 31.0 Å². The van der Waals surface area contributed by atoms with Crippen LogP contribution in [0.4, 0.5) is 0 Å². The van der Waals surface area contributed by atoms with Gasteiger partial charge in [0.25, 0.3) is 0 Å². The Bertz CT molecular complexity index is 560. The Morgan fingerprint density at radius 3 is 2.73 bits per heavy atom. The second kappa shape index (κ2) is 7.45. The van der Waals surface area contributed by atoms with E-state index in [9.17, 15) is 10.1 Å². The maximum absolute atomic E-state index is 12.5. The molecular weight excluding hydrogens is 318 g/mol. The number of amides is 1. The van der Waals surface area contributed by atoms with Gasteiger partial charge >= 0.3 is 0 Å². The van der Waals surface area contributed by atoms with Crippen molar-refractivity contribution in [2.24, 2.45) is 0 Å². The molecule has 4 nitrogen and oxygen atoms in total. The summed E-state index contributed by atoms with van der Waals surface area (Å²) >= 11 is 7.46. The first-order valence-corrected chi connectivity index (χ1v) is 8.83. The largest absolute Gasteiger partial charge is 0.336 e. The number of hydrogen-bond donors (Lipinski definition) is 1. The second-order valence-electron chi connectivity index (χ2n) is 6.04. The van der Waals surface area contributed by atoms with Crippen LogP contribution in [0.1, 0.15) is 43.9 Å². The van der Waals surface area contributed by atoms with E-state index in [2.05, 4.69) is 11.4 Å². The average Bonchev–Trinajstić information content (AvgIpc) is 2.92. The van der Waals surface area contributed by atoms with Crippen molar-refractivity contribution in [3.8, 4) is 6.07 Å². The molecule has 0 radical (unpaired) electrons. The summed E-state index contributed by atoms with van der Waals surface area (Å²) in [4.78, 5) is 15.6. The van der Waals surface area contributed by atoms with Crippen molar-refractivity contribution in [1.82, 2.24) is 10.2 Å². The molecule has 22 heavy (non-hydrogen) atoms. The van der Waals surface area contributed by atoms with Crippen molar-refractivity contribution >= 4 is 28.8 Å². The zero-order valence-corrected chi connectivity index (χ0v) is 14.6. The molecule has 0 bridgehead atoms. The van der Waals surface area contributed by atoms with Crippen molar-refractivity contribution in [2.75, 3.05) is 7.05 Å². The van der Waals surface area contributed by atoms with Gasteiger partial charge in [-0.05, 0) is 38.9 Å². The predicted molar refractivity (Wildman–Crippen MR) is 89.8 cm³/mol. The molecule has 1 aliphatic rings. The highest BCUT2D eigenvalue weighted by atomic mass is 35.5. The molecule has 120 valence electrons. The average molecular weight is 340 g/mol. The summed E-state index contributed by atoms with van der Waals surface area (Å²) in [6, 6.07) is 5.89. The third kappa shape index (κ3) is 4.22. The summed E-state index contributed by atoms with van der Waals surface area (Å²) in [6.45, 7) is 2.55. The lowest BCUT2D eigenvalue weighted by Gasteiger charge is -2.34. The lowest BCUT2D eigenvalue weighted by atomic mass is 9.82. The molecule has 1 aliphatic carbocycles. The van der Waals surface area contributed by atoms with Gasteiger partial charge in [0.15, 0.2) is 0 Å². The number of carbonyl (C=O) groups excluding carboxylic acids is 1. The number of rotatable bonds is 5. The number of nitrogens with zero attached hydrogens (tertiary/aromatic N) is 2. The Hall–Kier alpha value is -1.09. The zero-order valence-electron chi connectivity index (χ0n) is 13.1. The molecule has 1 heterocycles. The molecule has 6 heteroatoms. The third-order valence-electron chi connectivity index (χ3n) is 4.36. The van der Waals surface area contributed by atoms with Gasteiger partial charge < -0.3 is 5.32 Å². The van der Waals surface area contributed by atoms with E-state index >= 15 is 0 Å². The van der Waals surface area contributed by atoms with Crippen molar-refractivity contribution in [1.29, 1.82) is 5.26 Å². The van der Waals surface area contributed by atoms with Gasteiger partial charge in [-0.1, -0.05) is 30.9 Å². The maximum atomic E-state index is 12.5. The highest BCUT2D eigenvalue weighted by molar-refractivity contribution is 7.16. The van der Waals surface area contributed by atoms with Crippen LogP contribution in [-0.2, 0) is 11.3 Å². The molecule has 2 rings (SSSR count). The molecule has 0 aliphatic heterocycles. The van der Waals surface area contributed by atoms with Gasteiger partial charge in [0.1, 0.15) is 5.54 Å². The fraction of sp³-hybridized carbons (Fsp3) is 0.625. The number of carbonyl (C=O) groups is 1. The monoisotopic (exact) mass is 339 g/mol. The van der Waals surface area contributed by atoms with Gasteiger partial charge in [0.2, 0.25) is 5.91 Å². The normalized spacial score (nSPS) is 18.7. The third-order valence-corrected chi connectivity index (χ3v) is 5.57. The summed E-state index contributed by atoms with van der Waals surface area (Å²) in [5.41, 5.74) is -0.670. The van der Waals surface area contributed by atoms with Crippen molar-refractivity contribution in [3.63, 3.8) is 0 Å². The molecule has 1 aromatic rings. The predicted octanol–water partition coefficient (Wildman–Crippen LogP) is 3.56. The van der Waals surface area contributed by atoms with E-state index in [-0.39, 0.29) is 11.9 Å². The Morgan fingerprint density at radius 1 is 1.50 bits per heavy atom. The number of nitriles is 1. The van der Waals surface area contributed by atoms with Gasteiger partial charge in [0, 0.05) is 11.4 Å². The lowest BCUT2D eigenvalue weighted by molar-refractivity contribution is -0.127. The molecule has 1 aromatic heterocycles. The summed E-state index contributed by atoms with van der Waals surface area (Å²) in [6.07, 6.45) is 4.67. The molecule has 1 N–H and O–H groups in total. The first-order valence-electron chi connectivity index (χ1n) is 7.63. The van der Waals surface area contributed by atoms with Crippen LogP contribution in [0.15, 0.2) is 12.1 Å². The van der Waals surface area contributed by atoms with Crippen molar-refractivity contribution < 1.29 is 4.79 Å². The van der Waals surface area contributed by atoms with Crippen LogP contribution in [0.5, 0.6) is 0 Å². The number of likely N-dealkylation sites (N-methyl/N-ethyl adjacent to an activating group) is 1. The molecule has 1 fully saturated rings. The molecule has 1 amide bonds. The summed E-state index contributed by atoms with van der Waals surface area (Å²) in [5, 5.41) is 12.4. The van der Waals surface area contributed by atoms with Gasteiger partial charge in [-0.3, -0.25) is 9.69 Å². The minimum Gasteiger partial charge on any atom is -0.336 e. The van der Waals surface area contributed by atoms with E-state index in [1.165, 1.54) is 11.3 Å². The highest BCUT2D eigenvalue weighted by Gasteiger charge is 2.35. The number of hydrogen-bond acceptors (Lipinski definition) is 4. The van der Waals surface area contributed by atoms with Gasteiger partial charge in [-0.25, -0.2) is 0 Å². The Balaban J connectivity index is 1.94. The highest BCUT2D eigenvalue weighted by Crippen LogP contribution is 2.28. The summed E-state index contributed by atoms with van der Waals surface area (Å²) in [5.74, 6) is -0.0754. The molecule has 0 spiro atoms. The Kier molecular flexibility index (Phi) is 5.85.